The van der Waals surface area contributed by atoms with Crippen molar-refractivity contribution in [1.29, 1.82) is 0 Å². The number of aromatic amines is 1. The van der Waals surface area contributed by atoms with E-state index in [1.54, 1.807) is 0 Å². The number of hydrogen-bond acceptors (Lipinski definition) is 5. The van der Waals surface area contributed by atoms with E-state index < -0.39 is 62.1 Å². The Bertz CT molecular complexity index is 817. The van der Waals surface area contributed by atoms with E-state index >= 15 is 0 Å². The molecule has 1 aliphatic rings. The summed E-state index contributed by atoms with van der Waals surface area (Å²) in [4.78, 5) is 41.1. The standard InChI is InChI=1S/C10H10F5N2O7P/c11-5-1-6(24-9(5,12)3-23-25(20,21)22)17-2-4(10(13,14)15)7(18)16-8(17)19/h2,5-6H,1,3H2,(H,16,18,19)(H2,20,21,22)/t5-,6+,9+/m0/s1. The second kappa shape index (κ2) is 6.29. The molecule has 0 amide bonds. The van der Waals surface area contributed by atoms with Gasteiger partial charge in [0.15, 0.2) is 6.17 Å². The highest BCUT2D eigenvalue weighted by Crippen LogP contribution is 2.44. The minimum atomic E-state index is -5.18. The van der Waals surface area contributed by atoms with E-state index in [2.05, 4.69) is 9.26 Å². The van der Waals surface area contributed by atoms with Gasteiger partial charge < -0.3 is 14.5 Å². The number of rotatable bonds is 4. The van der Waals surface area contributed by atoms with Crippen LogP contribution in [0.1, 0.15) is 18.2 Å². The summed E-state index contributed by atoms with van der Waals surface area (Å²) in [6, 6.07) is 0. The van der Waals surface area contributed by atoms with Crippen molar-refractivity contribution in [3.63, 3.8) is 0 Å². The summed E-state index contributed by atoms with van der Waals surface area (Å²) in [6.45, 7) is -1.57. The number of phosphoric acid groups is 1. The Balaban J connectivity index is 2.34. The fourth-order valence-corrected chi connectivity index (χ4v) is 2.41. The van der Waals surface area contributed by atoms with Gasteiger partial charge in [0.25, 0.3) is 11.4 Å². The highest BCUT2D eigenvalue weighted by Gasteiger charge is 2.53. The average Bonchev–Trinajstić information content (AvgIpc) is 2.71. The quantitative estimate of drug-likeness (QED) is 0.502. The maximum Gasteiger partial charge on any atom is 0.469 e. The minimum Gasteiger partial charge on any atom is -0.317 e. The molecule has 3 N–H and O–H groups in total. The minimum absolute atomic E-state index is 0.0358. The van der Waals surface area contributed by atoms with Crippen molar-refractivity contribution in [2.45, 2.75) is 30.9 Å². The Morgan fingerprint density at radius 3 is 2.56 bits per heavy atom. The summed E-state index contributed by atoms with van der Waals surface area (Å²) < 4.78 is 85.1. The monoisotopic (exact) mass is 396 g/mol. The third-order valence-electron chi connectivity index (χ3n) is 3.22. The summed E-state index contributed by atoms with van der Waals surface area (Å²) in [7, 11) is -5.18. The van der Waals surface area contributed by atoms with Gasteiger partial charge in [-0.1, -0.05) is 0 Å². The van der Waals surface area contributed by atoms with Crippen LogP contribution in [-0.4, -0.2) is 38.0 Å². The molecule has 9 nitrogen and oxygen atoms in total. The zero-order valence-electron chi connectivity index (χ0n) is 11.9. The molecule has 0 radical (unpaired) electrons. The van der Waals surface area contributed by atoms with Crippen LogP contribution in [0.3, 0.4) is 0 Å². The van der Waals surface area contributed by atoms with Crippen molar-refractivity contribution in [3.8, 4) is 0 Å². The zero-order valence-corrected chi connectivity index (χ0v) is 12.8. The number of ether oxygens (including phenoxy) is 1. The molecule has 15 heteroatoms. The van der Waals surface area contributed by atoms with Gasteiger partial charge in [0.2, 0.25) is 0 Å². The largest absolute Gasteiger partial charge is 0.469 e. The molecular weight excluding hydrogens is 386 g/mol. The third kappa shape index (κ3) is 4.33. The van der Waals surface area contributed by atoms with Gasteiger partial charge in [0.05, 0.1) is 0 Å². The van der Waals surface area contributed by atoms with E-state index in [-0.39, 0.29) is 10.8 Å². The van der Waals surface area contributed by atoms with Crippen molar-refractivity contribution in [1.82, 2.24) is 9.55 Å². The first-order chi connectivity index (χ1) is 11.2. The SMILES string of the molecule is O=c1[nH]c(=O)n([C@H]2C[C@H](F)[C@@](F)(COP(=O)(O)O)O2)cc1C(F)(F)F. The summed E-state index contributed by atoms with van der Waals surface area (Å²) in [5.41, 5.74) is -4.97. The third-order valence-corrected chi connectivity index (χ3v) is 3.69. The Hall–Kier alpha value is -1.60. The second-order valence-corrected chi connectivity index (χ2v) is 6.27. The Kier molecular flexibility index (Phi) is 4.96. The Labute approximate surface area is 134 Å². The molecule has 2 heterocycles. The predicted molar refractivity (Wildman–Crippen MR) is 67.8 cm³/mol. The molecule has 1 aromatic heterocycles. The summed E-state index contributed by atoms with van der Waals surface area (Å²) in [5.74, 6) is -3.42. The van der Waals surface area contributed by atoms with Crippen LogP contribution >= 0.6 is 7.82 Å². The number of nitrogens with one attached hydrogen (secondary N) is 1. The number of H-pyrrole nitrogens is 1. The first kappa shape index (κ1) is 19.7. The number of alkyl halides is 5. The zero-order chi connectivity index (χ0) is 19.2. The van der Waals surface area contributed by atoms with Crippen LogP contribution in [0, 0.1) is 0 Å². The average molecular weight is 396 g/mol. The summed E-state index contributed by atoms with van der Waals surface area (Å²) in [6.07, 6.45) is -10.6. The molecule has 0 saturated carbocycles. The molecule has 0 bridgehead atoms. The van der Waals surface area contributed by atoms with Gasteiger partial charge in [0, 0.05) is 12.6 Å². The molecule has 2 rings (SSSR count). The maximum atomic E-state index is 14.2. The summed E-state index contributed by atoms with van der Waals surface area (Å²) >= 11 is 0. The van der Waals surface area contributed by atoms with Crippen LogP contribution in [0.25, 0.3) is 0 Å². The lowest BCUT2D eigenvalue weighted by molar-refractivity contribution is -0.194. The topological polar surface area (TPSA) is 131 Å². The van der Waals surface area contributed by atoms with Gasteiger partial charge in [-0.2, -0.15) is 13.2 Å². The number of hydrogen-bond donors (Lipinski definition) is 3. The molecule has 1 aromatic rings. The van der Waals surface area contributed by atoms with Gasteiger partial charge in [0.1, 0.15) is 18.4 Å². The fraction of sp³-hybridized carbons (Fsp3) is 0.600. The van der Waals surface area contributed by atoms with Crippen LogP contribution in [0.15, 0.2) is 15.8 Å². The lowest BCUT2D eigenvalue weighted by atomic mass is 10.2. The number of halogens is 5. The first-order valence-corrected chi connectivity index (χ1v) is 7.89. The van der Waals surface area contributed by atoms with E-state index in [0.717, 1.165) is 0 Å². The van der Waals surface area contributed by atoms with Crippen LogP contribution in [-0.2, 0) is 20.0 Å². The van der Waals surface area contributed by atoms with E-state index in [9.17, 15) is 36.1 Å². The van der Waals surface area contributed by atoms with Crippen LogP contribution in [0.5, 0.6) is 0 Å². The van der Waals surface area contributed by atoms with Crippen molar-refractivity contribution < 1.29 is 45.6 Å². The Morgan fingerprint density at radius 1 is 1.44 bits per heavy atom. The highest BCUT2D eigenvalue weighted by molar-refractivity contribution is 7.46. The summed E-state index contributed by atoms with van der Waals surface area (Å²) in [5, 5.41) is 0. The number of nitrogens with zero attached hydrogens (tertiary/aromatic N) is 1. The van der Waals surface area contributed by atoms with E-state index in [0.29, 0.717) is 0 Å². The van der Waals surface area contributed by atoms with Crippen LogP contribution in [0.4, 0.5) is 22.0 Å². The van der Waals surface area contributed by atoms with Crippen molar-refractivity contribution in [2.75, 3.05) is 6.61 Å². The molecule has 1 fully saturated rings. The molecule has 0 aromatic carbocycles. The van der Waals surface area contributed by atoms with Crippen molar-refractivity contribution >= 4 is 7.82 Å². The lowest BCUT2D eigenvalue weighted by Crippen LogP contribution is -2.38. The van der Waals surface area contributed by atoms with E-state index in [1.165, 1.54) is 4.98 Å². The van der Waals surface area contributed by atoms with Crippen molar-refractivity contribution in [3.05, 3.63) is 32.6 Å². The normalized spacial score (nSPS) is 27.6. The maximum absolute atomic E-state index is 14.2. The van der Waals surface area contributed by atoms with Gasteiger partial charge in [-0.15, -0.1) is 0 Å². The van der Waals surface area contributed by atoms with E-state index in [4.69, 9.17) is 9.79 Å². The van der Waals surface area contributed by atoms with Gasteiger partial charge in [-0.3, -0.25) is 18.9 Å². The molecule has 142 valence electrons. The molecule has 3 atom stereocenters. The first-order valence-electron chi connectivity index (χ1n) is 6.36. The molecule has 25 heavy (non-hydrogen) atoms. The molecule has 0 unspecified atom stereocenters. The van der Waals surface area contributed by atoms with Gasteiger partial charge in [-0.05, 0) is 0 Å². The van der Waals surface area contributed by atoms with E-state index in [1.807, 2.05) is 0 Å². The van der Waals surface area contributed by atoms with Crippen molar-refractivity contribution in [2.24, 2.45) is 0 Å². The lowest BCUT2D eigenvalue weighted by Gasteiger charge is -2.22. The molecule has 1 saturated heterocycles. The van der Waals surface area contributed by atoms with Crippen LogP contribution < -0.4 is 11.2 Å². The molecule has 0 spiro atoms. The van der Waals surface area contributed by atoms with Gasteiger partial charge in [-0.25, -0.2) is 18.1 Å². The molecule has 1 aliphatic heterocycles. The highest BCUT2D eigenvalue weighted by atomic mass is 31.2. The molecular formula is C10H10F5N2O7P. The predicted octanol–water partition coefficient (Wildman–Crippen LogP) is 0.587. The smallest absolute Gasteiger partial charge is 0.317 e. The fourth-order valence-electron chi connectivity index (χ4n) is 2.07. The Morgan fingerprint density at radius 2 is 2.04 bits per heavy atom. The number of aromatic nitrogens is 2. The molecule has 0 aliphatic carbocycles. The number of phosphoric ester groups is 1. The second-order valence-electron chi connectivity index (χ2n) is 5.03. The van der Waals surface area contributed by atoms with Crippen LogP contribution in [0.2, 0.25) is 0 Å². The van der Waals surface area contributed by atoms with Gasteiger partial charge >= 0.3 is 19.7 Å².